The van der Waals surface area contributed by atoms with Gasteiger partial charge in [0.2, 0.25) is 0 Å². The van der Waals surface area contributed by atoms with Gasteiger partial charge in [-0.05, 0) is 43.9 Å². The fourth-order valence-electron chi connectivity index (χ4n) is 1.50. The first kappa shape index (κ1) is 15.4. The summed E-state index contributed by atoms with van der Waals surface area (Å²) in [6.45, 7) is 2.07. The van der Waals surface area contributed by atoms with Crippen molar-refractivity contribution in [3.63, 3.8) is 0 Å². The van der Waals surface area contributed by atoms with Crippen molar-refractivity contribution in [3.8, 4) is 5.75 Å². The van der Waals surface area contributed by atoms with Gasteiger partial charge in [0, 0.05) is 6.04 Å². The lowest BCUT2D eigenvalue weighted by Crippen LogP contribution is -2.31. The second-order valence-corrected chi connectivity index (χ2v) is 4.20. The fraction of sp³-hybridized carbons (Fsp3) is 0.462. The van der Waals surface area contributed by atoms with Crippen LogP contribution in [0, 0.1) is 0 Å². The molecule has 0 aliphatic carbocycles. The Morgan fingerprint density at radius 3 is 2.37 bits per heavy atom. The van der Waals surface area contributed by atoms with Gasteiger partial charge >= 0.3 is 6.09 Å². The molecular formula is C13H20N2O4. The van der Waals surface area contributed by atoms with Crippen LogP contribution in [0.4, 0.5) is 4.79 Å². The second kappa shape index (κ2) is 7.08. The van der Waals surface area contributed by atoms with E-state index in [0.29, 0.717) is 11.0 Å². The summed E-state index contributed by atoms with van der Waals surface area (Å²) in [5.41, 5.74) is 1.05. The molecule has 0 saturated heterocycles. The Balaban J connectivity index is 2.80. The first-order chi connectivity index (χ1) is 8.99. The lowest BCUT2D eigenvalue weighted by molar-refractivity contribution is -0.305. The van der Waals surface area contributed by atoms with Crippen LogP contribution in [0.5, 0.6) is 5.75 Å². The Kier molecular flexibility index (Phi) is 5.75. The number of carbonyl (C=O) groups is 1. The normalized spacial score (nSPS) is 12.3. The number of hydrogen-bond acceptors (Lipinski definition) is 5. The minimum absolute atomic E-state index is 0.222. The molecule has 6 nitrogen and oxygen atoms in total. The zero-order chi connectivity index (χ0) is 14.4. The van der Waals surface area contributed by atoms with Crippen molar-refractivity contribution in [2.45, 2.75) is 13.0 Å². The van der Waals surface area contributed by atoms with E-state index in [-0.39, 0.29) is 6.04 Å². The van der Waals surface area contributed by atoms with Crippen LogP contribution in [0.1, 0.15) is 18.5 Å². The van der Waals surface area contributed by atoms with Gasteiger partial charge in [-0.2, -0.15) is 0 Å². The summed E-state index contributed by atoms with van der Waals surface area (Å²) in [7, 11) is 6.60. The molecule has 0 radical (unpaired) electrons. The van der Waals surface area contributed by atoms with Gasteiger partial charge in [0.25, 0.3) is 0 Å². The van der Waals surface area contributed by atoms with E-state index in [0.717, 1.165) is 5.56 Å². The van der Waals surface area contributed by atoms with Gasteiger partial charge in [0.1, 0.15) is 5.75 Å². The van der Waals surface area contributed by atoms with Crippen molar-refractivity contribution < 1.29 is 19.2 Å². The highest BCUT2D eigenvalue weighted by Crippen LogP contribution is 2.22. The average molecular weight is 268 g/mol. The fourth-order valence-corrected chi connectivity index (χ4v) is 1.50. The summed E-state index contributed by atoms with van der Waals surface area (Å²) in [5.74, 6) is 0.440. The van der Waals surface area contributed by atoms with E-state index in [1.54, 1.807) is 6.07 Å². The van der Waals surface area contributed by atoms with E-state index in [4.69, 9.17) is 4.74 Å². The molecular weight excluding hydrogens is 248 g/mol. The molecule has 106 valence electrons. The van der Waals surface area contributed by atoms with Crippen molar-refractivity contribution in [2.24, 2.45) is 0 Å². The van der Waals surface area contributed by atoms with Crippen molar-refractivity contribution >= 4 is 6.09 Å². The first-order valence-electron chi connectivity index (χ1n) is 5.86. The van der Waals surface area contributed by atoms with Gasteiger partial charge in [-0.1, -0.05) is 12.1 Å². The van der Waals surface area contributed by atoms with Gasteiger partial charge in [0.05, 0.1) is 14.2 Å². The summed E-state index contributed by atoms with van der Waals surface area (Å²) in [6, 6.07) is 7.55. The number of amides is 1. The number of ether oxygens (including phenoxy) is 1. The van der Waals surface area contributed by atoms with Crippen LogP contribution in [0.2, 0.25) is 0 Å². The number of nitrogens with zero attached hydrogens (tertiary/aromatic N) is 2. The third-order valence-electron chi connectivity index (χ3n) is 2.80. The van der Waals surface area contributed by atoms with Crippen molar-refractivity contribution in [1.29, 1.82) is 0 Å². The predicted molar refractivity (Wildman–Crippen MR) is 70.4 cm³/mol. The van der Waals surface area contributed by atoms with Crippen LogP contribution in [0.3, 0.4) is 0 Å². The third-order valence-corrected chi connectivity index (χ3v) is 2.80. The van der Waals surface area contributed by atoms with Gasteiger partial charge < -0.3 is 9.64 Å². The highest BCUT2D eigenvalue weighted by Gasteiger charge is 2.16. The van der Waals surface area contributed by atoms with E-state index < -0.39 is 6.09 Å². The zero-order valence-electron chi connectivity index (χ0n) is 11.9. The molecule has 1 aromatic carbocycles. The Morgan fingerprint density at radius 1 is 1.21 bits per heavy atom. The Bertz CT molecular complexity index is 419. The molecule has 0 heterocycles. The smallest absolute Gasteiger partial charge is 0.407 e. The molecule has 6 heteroatoms. The van der Waals surface area contributed by atoms with E-state index in [1.807, 2.05) is 32.3 Å². The molecule has 0 N–H and O–H groups in total. The van der Waals surface area contributed by atoms with Crippen molar-refractivity contribution in [3.05, 3.63) is 29.8 Å². The Labute approximate surface area is 113 Å². The first-order valence-corrected chi connectivity index (χ1v) is 5.86. The molecule has 19 heavy (non-hydrogen) atoms. The van der Waals surface area contributed by atoms with E-state index >= 15 is 0 Å². The molecule has 0 saturated carbocycles. The van der Waals surface area contributed by atoms with Gasteiger partial charge in [0.15, 0.2) is 0 Å². The molecule has 0 aromatic heterocycles. The van der Waals surface area contributed by atoms with Crippen LogP contribution < -0.4 is 4.74 Å². The summed E-state index contributed by atoms with van der Waals surface area (Å²) < 4.78 is 5.15. The van der Waals surface area contributed by atoms with Gasteiger partial charge in [-0.25, -0.2) is 14.5 Å². The minimum atomic E-state index is -0.736. The quantitative estimate of drug-likeness (QED) is 0.766. The molecule has 0 aliphatic rings. The molecule has 1 amide bonds. The van der Waals surface area contributed by atoms with Crippen LogP contribution in [-0.2, 0) is 9.68 Å². The molecule has 1 atom stereocenters. The zero-order valence-corrected chi connectivity index (χ0v) is 11.9. The standard InChI is InChI=1S/C13H20N2O4/c1-10(14(2)3)11-7-6-8-12(9-11)19-13(16)15(17-4)18-5/h6-10H,1-5H3. The van der Waals surface area contributed by atoms with Crippen LogP contribution in [-0.4, -0.2) is 44.5 Å². The SMILES string of the molecule is CON(OC)C(=O)Oc1cccc(C(C)N(C)C)c1. The van der Waals surface area contributed by atoms with E-state index in [9.17, 15) is 4.79 Å². The summed E-state index contributed by atoms with van der Waals surface area (Å²) in [6.07, 6.45) is -0.736. The van der Waals surface area contributed by atoms with E-state index in [2.05, 4.69) is 21.5 Å². The van der Waals surface area contributed by atoms with Crippen molar-refractivity contribution in [1.82, 2.24) is 10.1 Å². The summed E-state index contributed by atoms with van der Waals surface area (Å²) in [5, 5.41) is 0.655. The second-order valence-electron chi connectivity index (χ2n) is 4.20. The molecule has 1 unspecified atom stereocenters. The van der Waals surface area contributed by atoms with E-state index in [1.165, 1.54) is 14.2 Å². The number of rotatable bonds is 5. The van der Waals surface area contributed by atoms with Crippen LogP contribution in [0.15, 0.2) is 24.3 Å². The number of benzene rings is 1. The maximum Gasteiger partial charge on any atom is 0.465 e. The molecule has 1 rings (SSSR count). The van der Waals surface area contributed by atoms with Crippen LogP contribution >= 0.6 is 0 Å². The number of carbonyl (C=O) groups excluding carboxylic acids is 1. The van der Waals surface area contributed by atoms with Gasteiger partial charge in [-0.15, -0.1) is 0 Å². The lowest BCUT2D eigenvalue weighted by Gasteiger charge is -2.21. The summed E-state index contributed by atoms with van der Waals surface area (Å²) >= 11 is 0. The van der Waals surface area contributed by atoms with Gasteiger partial charge in [-0.3, -0.25) is 0 Å². The molecule has 0 fully saturated rings. The number of hydroxylamine groups is 2. The number of hydrogen-bond donors (Lipinski definition) is 0. The molecule has 1 aromatic rings. The Morgan fingerprint density at radius 2 is 1.84 bits per heavy atom. The predicted octanol–water partition coefficient (Wildman–Crippen LogP) is 2.23. The maximum absolute atomic E-state index is 11.6. The third kappa shape index (κ3) is 4.20. The lowest BCUT2D eigenvalue weighted by atomic mass is 10.1. The average Bonchev–Trinajstić information content (AvgIpc) is 2.39. The highest BCUT2D eigenvalue weighted by atomic mass is 17.0. The Hall–Kier alpha value is -1.63. The summed E-state index contributed by atoms with van der Waals surface area (Å²) in [4.78, 5) is 23.1. The molecule has 0 bridgehead atoms. The van der Waals surface area contributed by atoms with Crippen molar-refractivity contribution in [2.75, 3.05) is 28.3 Å². The minimum Gasteiger partial charge on any atom is -0.407 e. The molecule has 0 aliphatic heterocycles. The monoisotopic (exact) mass is 268 g/mol. The van der Waals surface area contributed by atoms with Crippen LogP contribution in [0.25, 0.3) is 0 Å². The largest absolute Gasteiger partial charge is 0.465 e. The highest BCUT2D eigenvalue weighted by molar-refractivity contribution is 5.68. The maximum atomic E-state index is 11.6. The molecule has 0 spiro atoms. The topological polar surface area (TPSA) is 51.2 Å².